The molecule has 9 heteroatoms. The van der Waals surface area contributed by atoms with E-state index in [9.17, 15) is 27.9 Å². The smallest absolute Gasteiger partial charge is 0.378 e. The third-order valence-electron chi connectivity index (χ3n) is 3.84. The fraction of sp³-hybridized carbons (Fsp3) is 0.222. The van der Waals surface area contributed by atoms with Crippen molar-refractivity contribution in [1.82, 2.24) is 5.32 Å². The molecule has 2 atom stereocenters. The van der Waals surface area contributed by atoms with E-state index in [-0.39, 0.29) is 12.0 Å². The van der Waals surface area contributed by atoms with E-state index in [1.807, 2.05) is 12.1 Å². The van der Waals surface area contributed by atoms with E-state index >= 15 is 0 Å². The van der Waals surface area contributed by atoms with Gasteiger partial charge in [0.2, 0.25) is 5.91 Å². The normalized spacial score (nSPS) is 13.7. The van der Waals surface area contributed by atoms with Crippen LogP contribution in [-0.2, 0) is 22.2 Å². The summed E-state index contributed by atoms with van der Waals surface area (Å²) < 4.78 is 38.6. The average molecular weight is 492 g/mol. The van der Waals surface area contributed by atoms with Gasteiger partial charge in [0.15, 0.2) is 6.10 Å². The number of carbonyl (C=O) groups is 2. The summed E-state index contributed by atoms with van der Waals surface area (Å²) in [5.74, 6) is -1.72. The fourth-order valence-electron chi connectivity index (χ4n) is 2.36. The first-order valence-electron chi connectivity index (χ1n) is 7.78. The zero-order valence-electron chi connectivity index (χ0n) is 13.8. The molecule has 0 aliphatic heterocycles. The van der Waals surface area contributed by atoms with Crippen LogP contribution in [0.2, 0.25) is 0 Å². The number of halogens is 4. The Hall–Kier alpha value is -2.14. The fourth-order valence-corrected chi connectivity index (χ4v) is 2.97. The molecule has 2 amide bonds. The molecule has 0 heterocycles. The zero-order chi connectivity index (χ0) is 20.2. The Morgan fingerprint density at radius 2 is 1.70 bits per heavy atom. The van der Waals surface area contributed by atoms with Crippen molar-refractivity contribution in [3.8, 4) is 0 Å². The highest BCUT2D eigenvalue weighted by atomic mass is 127. The molecule has 4 N–H and O–H groups in total. The van der Waals surface area contributed by atoms with Gasteiger partial charge in [0, 0.05) is 9.99 Å². The van der Waals surface area contributed by atoms with Crippen LogP contribution in [0, 0.1) is 3.57 Å². The monoisotopic (exact) mass is 492 g/mol. The number of primary amides is 1. The van der Waals surface area contributed by atoms with Crippen LogP contribution < -0.4 is 11.1 Å². The predicted octanol–water partition coefficient (Wildman–Crippen LogP) is 2.56. The van der Waals surface area contributed by atoms with Gasteiger partial charge in [0.05, 0.1) is 5.56 Å². The topological polar surface area (TPSA) is 92.4 Å². The van der Waals surface area contributed by atoms with Crippen LogP contribution in [0.4, 0.5) is 13.2 Å². The summed E-state index contributed by atoms with van der Waals surface area (Å²) in [4.78, 5) is 23.9. The first kappa shape index (κ1) is 21.2. The number of nitrogens with two attached hydrogens (primary N) is 1. The van der Waals surface area contributed by atoms with Crippen LogP contribution in [0.1, 0.15) is 22.8 Å². The minimum Gasteiger partial charge on any atom is -0.378 e. The molecule has 0 spiro atoms. The van der Waals surface area contributed by atoms with Crippen LogP contribution in [0.25, 0.3) is 0 Å². The molecule has 5 nitrogen and oxygen atoms in total. The van der Waals surface area contributed by atoms with Gasteiger partial charge in [-0.3, -0.25) is 9.59 Å². The molecule has 2 aromatic rings. The van der Waals surface area contributed by atoms with Gasteiger partial charge in [-0.2, -0.15) is 13.2 Å². The number of benzene rings is 2. The maximum Gasteiger partial charge on any atom is 0.416 e. The van der Waals surface area contributed by atoms with Crippen LogP contribution in [0.3, 0.4) is 0 Å². The van der Waals surface area contributed by atoms with Crippen molar-refractivity contribution < 1.29 is 27.9 Å². The Morgan fingerprint density at radius 1 is 1.11 bits per heavy atom. The van der Waals surface area contributed by atoms with Crippen LogP contribution in [0.15, 0.2) is 48.5 Å². The molecule has 27 heavy (non-hydrogen) atoms. The molecule has 0 unspecified atom stereocenters. The lowest BCUT2D eigenvalue weighted by Crippen LogP contribution is -2.47. The second kappa shape index (κ2) is 8.70. The molecule has 0 saturated carbocycles. The number of rotatable bonds is 6. The Bertz CT molecular complexity index is 825. The van der Waals surface area contributed by atoms with Gasteiger partial charge >= 0.3 is 6.18 Å². The number of nitrogens with one attached hydrogen (secondary N) is 1. The third-order valence-corrected chi connectivity index (χ3v) is 4.90. The molecule has 144 valence electrons. The highest BCUT2D eigenvalue weighted by Gasteiger charge is 2.31. The number of amides is 2. The Balaban J connectivity index is 2.10. The lowest BCUT2D eigenvalue weighted by molar-refractivity contribution is -0.137. The molecule has 2 aromatic carbocycles. The average Bonchev–Trinajstić information content (AvgIpc) is 2.61. The summed E-state index contributed by atoms with van der Waals surface area (Å²) in [6, 6.07) is 9.67. The number of alkyl halides is 3. The highest BCUT2D eigenvalue weighted by molar-refractivity contribution is 14.1. The van der Waals surface area contributed by atoms with Crippen LogP contribution >= 0.6 is 22.6 Å². The van der Waals surface area contributed by atoms with E-state index in [1.165, 1.54) is 0 Å². The Labute approximate surface area is 166 Å². The number of hydrogen-bond donors (Lipinski definition) is 3. The standard InChI is InChI=1S/C18H16F3IN2O3/c19-18(20,21)12-7-5-10(6-8-12)15(25)17(27)24-14(16(23)26)9-11-3-1-2-4-13(11)22/h1-8,14-15,25H,9H2,(H2,23,26)(H,24,27)/t14-,15+/m0/s1. The van der Waals surface area contributed by atoms with Crippen LogP contribution in [-0.4, -0.2) is 23.0 Å². The molecule has 0 radical (unpaired) electrons. The molecule has 0 aliphatic rings. The lowest BCUT2D eigenvalue weighted by atomic mass is 10.0. The van der Waals surface area contributed by atoms with Crippen molar-refractivity contribution in [2.75, 3.05) is 0 Å². The van der Waals surface area contributed by atoms with Crippen molar-refractivity contribution in [2.24, 2.45) is 5.73 Å². The van der Waals surface area contributed by atoms with Gasteiger partial charge in [-0.15, -0.1) is 0 Å². The highest BCUT2D eigenvalue weighted by Crippen LogP contribution is 2.30. The van der Waals surface area contributed by atoms with Crippen molar-refractivity contribution in [3.63, 3.8) is 0 Å². The molecule has 0 saturated heterocycles. The minimum absolute atomic E-state index is 0.0296. The first-order valence-corrected chi connectivity index (χ1v) is 8.86. The van der Waals surface area contributed by atoms with E-state index in [0.717, 1.165) is 33.4 Å². The van der Waals surface area contributed by atoms with Gasteiger partial charge in [-0.1, -0.05) is 30.3 Å². The predicted molar refractivity (Wildman–Crippen MR) is 100 cm³/mol. The quantitative estimate of drug-likeness (QED) is 0.542. The van der Waals surface area contributed by atoms with E-state index in [0.29, 0.717) is 0 Å². The maximum atomic E-state index is 12.6. The molecular weight excluding hydrogens is 476 g/mol. The van der Waals surface area contributed by atoms with E-state index in [4.69, 9.17) is 5.73 Å². The van der Waals surface area contributed by atoms with Crippen molar-refractivity contribution >= 4 is 34.4 Å². The van der Waals surface area contributed by atoms with Crippen molar-refractivity contribution in [2.45, 2.75) is 24.7 Å². The lowest BCUT2D eigenvalue weighted by Gasteiger charge is -2.19. The van der Waals surface area contributed by atoms with E-state index in [2.05, 4.69) is 27.9 Å². The second-order valence-electron chi connectivity index (χ2n) is 5.78. The molecular formula is C18H16F3IN2O3. The molecule has 0 bridgehead atoms. The summed E-state index contributed by atoms with van der Waals surface area (Å²) in [7, 11) is 0. The molecule has 2 rings (SSSR count). The first-order chi connectivity index (χ1) is 12.6. The third kappa shape index (κ3) is 5.67. The zero-order valence-corrected chi connectivity index (χ0v) is 16.0. The van der Waals surface area contributed by atoms with Gasteiger partial charge in [-0.25, -0.2) is 0 Å². The molecule has 0 aromatic heterocycles. The maximum absolute atomic E-state index is 12.6. The molecule has 0 fully saturated rings. The minimum atomic E-state index is -4.52. The second-order valence-corrected chi connectivity index (χ2v) is 6.94. The number of aliphatic hydroxyl groups excluding tert-OH is 1. The van der Waals surface area contributed by atoms with Gasteiger partial charge in [0.1, 0.15) is 6.04 Å². The number of carbonyl (C=O) groups excluding carboxylic acids is 2. The summed E-state index contributed by atoms with van der Waals surface area (Å²) in [6.45, 7) is 0. The van der Waals surface area contributed by atoms with E-state index in [1.54, 1.807) is 12.1 Å². The number of hydrogen-bond acceptors (Lipinski definition) is 3. The Kier molecular flexibility index (Phi) is 6.82. The van der Waals surface area contributed by atoms with Crippen LogP contribution in [0.5, 0.6) is 0 Å². The largest absolute Gasteiger partial charge is 0.416 e. The summed E-state index contributed by atoms with van der Waals surface area (Å²) in [5, 5.41) is 12.4. The summed E-state index contributed by atoms with van der Waals surface area (Å²) in [5.41, 5.74) is 5.18. The summed E-state index contributed by atoms with van der Waals surface area (Å²) in [6.07, 6.45) is -6.13. The van der Waals surface area contributed by atoms with Crippen molar-refractivity contribution in [3.05, 3.63) is 68.8 Å². The van der Waals surface area contributed by atoms with Crippen molar-refractivity contribution in [1.29, 1.82) is 0 Å². The van der Waals surface area contributed by atoms with Gasteiger partial charge in [0.25, 0.3) is 5.91 Å². The van der Waals surface area contributed by atoms with Gasteiger partial charge in [-0.05, 0) is 51.9 Å². The number of aliphatic hydroxyl groups is 1. The Morgan fingerprint density at radius 3 is 2.22 bits per heavy atom. The molecule has 0 aliphatic carbocycles. The van der Waals surface area contributed by atoms with Gasteiger partial charge < -0.3 is 16.2 Å². The SMILES string of the molecule is NC(=O)[C@H](Cc1ccccc1I)NC(=O)[C@H](O)c1ccc(C(F)(F)F)cc1. The summed E-state index contributed by atoms with van der Waals surface area (Å²) >= 11 is 2.08. The van der Waals surface area contributed by atoms with E-state index < -0.39 is 35.7 Å².